The van der Waals surface area contributed by atoms with Gasteiger partial charge in [-0.2, -0.15) is 8.42 Å². The molecule has 10 amide bonds. The number of nitrogens with zero attached hydrogens (tertiary/aromatic N) is 6. The number of nitrogens with two attached hydrogens (primary N) is 1. The molecular weight excluding hydrogens is 1850 g/mol. The molecule has 5 heterocycles. The smallest absolute Gasteiger partial charge is 0.410 e. The lowest BCUT2D eigenvalue weighted by Gasteiger charge is -2.41. The van der Waals surface area contributed by atoms with Gasteiger partial charge in [0, 0.05) is 96.7 Å². The number of anilines is 3. The topological polar surface area (TPSA) is 558 Å². The third-order valence-corrected chi connectivity index (χ3v) is 26.5. The van der Waals surface area contributed by atoms with E-state index in [0.717, 1.165) is 4.90 Å². The molecule has 40 nitrogen and oxygen atoms in total. The van der Waals surface area contributed by atoms with Crippen LogP contribution in [0.1, 0.15) is 150 Å². The van der Waals surface area contributed by atoms with Crippen molar-refractivity contribution in [2.24, 2.45) is 35.3 Å². The molecule has 139 heavy (non-hydrogen) atoms. The van der Waals surface area contributed by atoms with Gasteiger partial charge < -0.3 is 122 Å². The van der Waals surface area contributed by atoms with Crippen molar-refractivity contribution in [3.05, 3.63) is 119 Å². The van der Waals surface area contributed by atoms with Crippen LogP contribution in [-0.2, 0) is 83.6 Å². The molecule has 3 aliphatic heterocycles. The highest BCUT2D eigenvalue weighted by atomic mass is 35.5. The number of aliphatic hydroxyl groups excluding tert-OH is 5. The molecule has 3 fully saturated rings. The van der Waals surface area contributed by atoms with Crippen molar-refractivity contribution in [2.75, 3.05) is 102 Å². The lowest BCUT2D eigenvalue weighted by atomic mass is 9.89. The van der Waals surface area contributed by atoms with Gasteiger partial charge in [0.1, 0.15) is 90.2 Å². The Kier molecular flexibility index (Phi) is 41.4. The van der Waals surface area contributed by atoms with Crippen LogP contribution < -0.4 is 57.9 Å². The molecule has 43 heteroatoms. The number of methoxy groups -OCH3 is 2. The number of aryl methyl sites for hydroxylation is 1. The van der Waals surface area contributed by atoms with Crippen molar-refractivity contribution >= 4 is 109 Å². The highest BCUT2D eigenvalue weighted by molar-refractivity contribution is 7.85. The van der Waals surface area contributed by atoms with Gasteiger partial charge in [0.25, 0.3) is 10.1 Å². The fourth-order valence-electron chi connectivity index (χ4n) is 17.6. The summed E-state index contributed by atoms with van der Waals surface area (Å²) in [6.07, 6.45) is -8.82. The maximum absolute atomic E-state index is 15.1. The summed E-state index contributed by atoms with van der Waals surface area (Å²) in [5.41, 5.74) is 11.3. The van der Waals surface area contributed by atoms with E-state index in [1.807, 2.05) is 26.0 Å². The summed E-state index contributed by atoms with van der Waals surface area (Å²) in [7, 11) is 0.993. The number of rotatable bonds is 48. The van der Waals surface area contributed by atoms with E-state index in [1.165, 1.54) is 63.4 Å². The normalized spacial score (nSPS) is 19.6. The number of aliphatic hydroxyl groups is 5. The van der Waals surface area contributed by atoms with E-state index in [9.17, 15) is 81.7 Å². The number of carbonyl (C=O) groups is 10. The molecule has 3 aliphatic rings. The van der Waals surface area contributed by atoms with Crippen LogP contribution in [0.5, 0.6) is 5.75 Å². The zero-order valence-corrected chi connectivity index (χ0v) is 83.1. The number of likely N-dealkylation sites (N-methyl/N-ethyl adjacent to an activating group) is 2. The average Bonchev–Trinajstić information content (AvgIpc) is 1.62. The van der Waals surface area contributed by atoms with Crippen LogP contribution in [-0.4, -0.2) is 311 Å². The van der Waals surface area contributed by atoms with Crippen LogP contribution in [0.3, 0.4) is 0 Å². The minimum Gasteiger partial charge on any atom is -0.460 e. The van der Waals surface area contributed by atoms with Gasteiger partial charge in [-0.3, -0.25) is 52.6 Å². The molecule has 17 N–H and O–H groups in total. The maximum atomic E-state index is 15.1. The van der Waals surface area contributed by atoms with E-state index in [4.69, 9.17) is 55.7 Å². The van der Waals surface area contributed by atoms with E-state index in [-0.39, 0.29) is 79.9 Å². The molecule has 0 spiro atoms. The van der Waals surface area contributed by atoms with E-state index < -0.39 is 210 Å². The van der Waals surface area contributed by atoms with Crippen LogP contribution in [0.4, 0.5) is 26.4 Å². The number of amides is 10. The number of imidazole rings is 1. The molecule has 3 saturated heterocycles. The number of pyridine rings is 1. The molecule has 0 aliphatic carbocycles. The number of ether oxygens (including phenoxy) is 6. The van der Waals surface area contributed by atoms with E-state index >= 15 is 9.18 Å². The fraction of sp³-hybridized carbons (Fsp3) is 0.583. The summed E-state index contributed by atoms with van der Waals surface area (Å²) < 4.78 is 84.7. The number of carbonyl (C=O) groups excluding carboxylic acids is 10. The second-order valence-corrected chi connectivity index (χ2v) is 38.9. The number of hydrogen-bond donors (Lipinski definition) is 16. The largest absolute Gasteiger partial charge is 0.460 e. The highest BCUT2D eigenvalue weighted by Gasteiger charge is 2.48. The van der Waals surface area contributed by atoms with Gasteiger partial charge >= 0.3 is 6.09 Å². The summed E-state index contributed by atoms with van der Waals surface area (Å²) in [4.78, 5) is 160. The zero-order chi connectivity index (χ0) is 102. The fourth-order valence-corrected chi connectivity index (χ4v) is 18.4. The Morgan fingerprint density at radius 3 is 2.04 bits per heavy atom. The third-order valence-electron chi connectivity index (χ3n) is 25.5. The second-order valence-electron chi connectivity index (χ2n) is 37.0. The average molecular weight is 1990 g/mol. The number of likely N-dealkylation sites (tertiary alicyclic amines) is 1. The SMILES string of the molecule is CC[C@H](C)[C@@H]([C@@H](CC(=O)N1CCC[C@H]1[C@H](OC)[C@@H](C)C(=O)N[C@H](C)[C@@H](O)c1ccccc1)OC)N(C)C(=O)[C@@H](NC(=O)[C@H](C(C)C)N(C)C(=O)OCc1ccc(NC(=O)[C@H](C)NC(=O)[C@@H](NC(=O)CCOCCC(=O)N[C@@H](CS(=O)(=O)O)C(=O)NCCNc2ncc(-c3cc(C)cc(F)c3)c(N3CCC(N)CC3)c2-c2nc3ccc(Cl)cc3[nH]2)C(C)C)c(O[C@@H]2O[C@H](CO)[C@@H](O)[C@H](O)[C@H]2O)c1)C(C)C. The molecule has 18 atom stereocenters. The van der Waals surface area contributed by atoms with Crippen molar-refractivity contribution in [1.29, 1.82) is 0 Å². The lowest BCUT2D eigenvalue weighted by Crippen LogP contribution is -2.60. The number of aromatic nitrogens is 3. The van der Waals surface area contributed by atoms with E-state index in [1.54, 1.807) is 123 Å². The van der Waals surface area contributed by atoms with Crippen molar-refractivity contribution in [3.63, 3.8) is 0 Å². The lowest BCUT2D eigenvalue weighted by molar-refractivity contribution is -0.277. The van der Waals surface area contributed by atoms with Crippen LogP contribution >= 0.6 is 11.6 Å². The Hall–Kier alpha value is -10.9. The Bertz CT molecular complexity index is 5290. The van der Waals surface area contributed by atoms with Crippen LogP contribution in [0.25, 0.3) is 33.5 Å². The Labute approximate surface area is 814 Å². The van der Waals surface area contributed by atoms with Crippen molar-refractivity contribution < 1.29 is 119 Å². The minimum atomic E-state index is -4.87. The molecule has 0 radical (unpaired) electrons. The Balaban J connectivity index is 0.777. The number of benzene rings is 4. The molecule has 0 saturated carbocycles. The van der Waals surface area contributed by atoms with Gasteiger partial charge in [-0.15, -0.1) is 0 Å². The monoisotopic (exact) mass is 1980 g/mol. The first kappa shape index (κ1) is 112. The van der Waals surface area contributed by atoms with Crippen molar-refractivity contribution in [2.45, 2.75) is 244 Å². The summed E-state index contributed by atoms with van der Waals surface area (Å²) in [5.74, 6) is -10.0. The summed E-state index contributed by atoms with van der Waals surface area (Å²) in [5, 5.41) is 75.8. The second kappa shape index (κ2) is 51.5. The molecule has 766 valence electrons. The van der Waals surface area contributed by atoms with Gasteiger partial charge in [-0.1, -0.05) is 123 Å². The molecule has 6 aromatic rings. The minimum absolute atomic E-state index is 0.0246. The van der Waals surface area contributed by atoms with Gasteiger partial charge in [-0.05, 0) is 135 Å². The van der Waals surface area contributed by atoms with E-state index in [0.29, 0.717) is 113 Å². The number of piperidine rings is 1. The molecule has 4 aromatic carbocycles. The first-order valence-corrected chi connectivity index (χ1v) is 48.9. The summed E-state index contributed by atoms with van der Waals surface area (Å²) in [6, 6.07) is 14.1. The summed E-state index contributed by atoms with van der Waals surface area (Å²) in [6.45, 7) is 19.7. The quantitative estimate of drug-likeness (QED) is 0.0168. The Morgan fingerprint density at radius 2 is 1.42 bits per heavy atom. The van der Waals surface area contributed by atoms with Crippen molar-refractivity contribution in [3.8, 4) is 28.3 Å². The number of aromatic amines is 1. The van der Waals surface area contributed by atoms with Gasteiger partial charge in [0.05, 0.1) is 96.6 Å². The molecule has 9 rings (SSSR count). The number of hydrogen-bond acceptors (Lipinski definition) is 28. The van der Waals surface area contributed by atoms with Crippen LogP contribution in [0.2, 0.25) is 5.02 Å². The van der Waals surface area contributed by atoms with Gasteiger partial charge in [-0.25, -0.2) is 19.2 Å². The molecular formula is C96H138ClFN16O24S. The first-order chi connectivity index (χ1) is 65.8. The third kappa shape index (κ3) is 30.1. The van der Waals surface area contributed by atoms with Gasteiger partial charge in [0.15, 0.2) is 0 Å². The van der Waals surface area contributed by atoms with Crippen LogP contribution in [0, 0.1) is 42.3 Å². The Morgan fingerprint density at radius 1 is 0.741 bits per heavy atom. The first-order valence-electron chi connectivity index (χ1n) is 46.9. The highest BCUT2D eigenvalue weighted by Crippen LogP contribution is 2.45. The standard InChI is InChI=1S/C96H138ClFN16O24S/c1-17-54(9)80(71(133-15)45-75(118)114-35-21-24-69(114)86(134-16)55(10)89(123)103-56(11)82(119)59-22-19-18-20-23-59)111(13)94(128)78(51(4)5)110-93(127)79(52(6)7)112(14)96(129)136-48-58-25-27-66(70(42-58)137-95-85(122)84(121)83(120)72(47-115)138-95)108-90(124)57(12)104-92(126)77(50(2)3)109-74(117)32-39-135-38-31-73(116)105-68(49-139(130,131)132)91(125)101-34-33-100-87-76(88-106-65-28-26-61(97)44-67(65)107-88)81(113-36-29-63(99)30-37-113)64(46-102-87)60-40-53(8)41-62(98)43-60/h18-20,22-23,25-28,40-44,46,50-52,54-57,63,68-69,71-72,77-80,82-86,95,115,119-122H,17,21,24,29-39,45,47-49,99H2,1-16H3,(H,100,102)(H,101,125)(H,103,123)(H,104,126)(H,105,116)(H,106,107)(H,108,124)(H,109,117)(H,110,127)(H,130,131,132)/t54-,55+,56+,57-,68-,69-,71+,72+,77-,78-,79-,80-,82+,83+,84-,85+,86+,95+/m0/s1. The van der Waals surface area contributed by atoms with Crippen molar-refractivity contribution in [1.82, 2.24) is 61.6 Å². The summed E-state index contributed by atoms with van der Waals surface area (Å²) >= 11 is 6.39. The van der Waals surface area contributed by atoms with Gasteiger partial charge in [0.2, 0.25) is 59.5 Å². The van der Waals surface area contributed by atoms with Crippen LogP contribution in [0.15, 0.2) is 91.1 Å². The predicted molar refractivity (Wildman–Crippen MR) is 516 cm³/mol. The number of nitrogens with one attached hydrogen (secondary N) is 9. The molecule has 0 unspecified atom stereocenters. The predicted octanol–water partition coefficient (Wildman–Crippen LogP) is 5.37. The number of fused-ring (bicyclic) bond motifs is 1. The molecule has 0 bridgehead atoms. The molecule has 2 aromatic heterocycles. The number of H-pyrrole nitrogens is 1. The maximum Gasteiger partial charge on any atom is 0.410 e. The number of halogens is 2. The zero-order valence-electron chi connectivity index (χ0n) is 81.5. The van der Waals surface area contributed by atoms with E-state index in [2.05, 4.69) is 52.4 Å².